The Kier molecular flexibility index (Phi) is 4.72. The van der Waals surface area contributed by atoms with Crippen LogP contribution in [0.3, 0.4) is 0 Å². The van der Waals surface area contributed by atoms with Gasteiger partial charge in [-0.3, -0.25) is 4.72 Å². The normalized spacial score (nSPS) is 16.0. The minimum Gasteiger partial charge on any atom is -0.314 e. The summed E-state index contributed by atoms with van der Waals surface area (Å²) < 4.78 is 62.7. The highest BCUT2D eigenvalue weighted by Gasteiger charge is 2.32. The first-order chi connectivity index (χ1) is 9.76. The maximum absolute atomic E-state index is 12.3. The summed E-state index contributed by atoms with van der Waals surface area (Å²) in [5, 5.41) is 3.19. The third-order valence-electron chi connectivity index (χ3n) is 2.93. The second kappa shape index (κ2) is 6.18. The lowest BCUT2D eigenvalue weighted by atomic mass is 10.3. The smallest absolute Gasteiger partial charge is 0.314 e. The number of rotatable bonds is 7. The molecule has 0 radical (unpaired) electrons. The van der Waals surface area contributed by atoms with E-state index in [0.717, 1.165) is 31.2 Å². The molecule has 0 amide bonds. The van der Waals surface area contributed by atoms with Gasteiger partial charge in [0, 0.05) is 6.04 Å². The molecule has 9 heteroatoms. The molecule has 0 aliphatic heterocycles. The number of pyridine rings is 1. The van der Waals surface area contributed by atoms with E-state index in [-0.39, 0.29) is 11.4 Å². The first kappa shape index (κ1) is 16.0. The van der Waals surface area contributed by atoms with Crippen molar-refractivity contribution < 1.29 is 21.6 Å². The zero-order valence-corrected chi connectivity index (χ0v) is 12.0. The first-order valence-corrected chi connectivity index (χ1v) is 8.19. The molecule has 5 nitrogen and oxygen atoms in total. The summed E-state index contributed by atoms with van der Waals surface area (Å²) in [6, 6.07) is 2.31. The molecule has 2 rings (SSSR count). The van der Waals surface area contributed by atoms with E-state index in [1.807, 2.05) is 0 Å². The van der Waals surface area contributed by atoms with Gasteiger partial charge >= 0.3 is 6.18 Å². The number of halogens is 3. The SMILES string of the molecule is O=S(=O)(CCCNC1CC1)Nc1ccc(C(F)(F)F)nc1. The lowest BCUT2D eigenvalue weighted by Gasteiger charge is -2.09. The maximum atomic E-state index is 12.3. The molecule has 0 atom stereocenters. The standard InChI is InChI=1S/C12H16F3N3O2S/c13-12(14,15)11-5-4-10(8-17-11)18-21(19,20)7-1-6-16-9-2-3-9/h4-5,8-9,16,18H,1-3,6-7H2. The van der Waals surface area contributed by atoms with Crippen molar-refractivity contribution in [3.05, 3.63) is 24.0 Å². The highest BCUT2D eigenvalue weighted by molar-refractivity contribution is 7.92. The van der Waals surface area contributed by atoms with E-state index in [4.69, 9.17) is 0 Å². The average molecular weight is 323 g/mol. The van der Waals surface area contributed by atoms with Gasteiger partial charge in [-0.05, 0) is 37.9 Å². The summed E-state index contributed by atoms with van der Waals surface area (Å²) in [6.07, 6.45) is -0.973. The Morgan fingerprint density at radius 1 is 1.29 bits per heavy atom. The molecule has 1 fully saturated rings. The predicted molar refractivity (Wildman–Crippen MR) is 72.3 cm³/mol. The fourth-order valence-electron chi connectivity index (χ4n) is 1.71. The first-order valence-electron chi connectivity index (χ1n) is 6.53. The molecule has 0 bridgehead atoms. The van der Waals surface area contributed by atoms with E-state index in [2.05, 4.69) is 15.0 Å². The summed E-state index contributed by atoms with van der Waals surface area (Å²) in [5.41, 5.74) is -1.03. The maximum Gasteiger partial charge on any atom is 0.433 e. The van der Waals surface area contributed by atoms with Gasteiger partial charge in [-0.2, -0.15) is 13.2 Å². The number of aromatic nitrogens is 1. The van der Waals surface area contributed by atoms with Gasteiger partial charge in [0.1, 0.15) is 5.69 Å². The summed E-state index contributed by atoms with van der Waals surface area (Å²) in [4.78, 5) is 3.20. The number of hydrogen-bond donors (Lipinski definition) is 2. The number of anilines is 1. The van der Waals surface area contributed by atoms with Crippen LogP contribution in [-0.2, 0) is 16.2 Å². The van der Waals surface area contributed by atoms with Crippen LogP contribution in [-0.4, -0.2) is 31.7 Å². The fourth-order valence-corrected chi connectivity index (χ4v) is 2.81. The van der Waals surface area contributed by atoms with Crippen LogP contribution in [0.2, 0.25) is 0 Å². The molecule has 0 aromatic carbocycles. The molecule has 0 saturated heterocycles. The summed E-state index contributed by atoms with van der Waals surface area (Å²) >= 11 is 0. The minimum absolute atomic E-state index is 0.0261. The van der Waals surface area contributed by atoms with Gasteiger partial charge in [0.05, 0.1) is 17.6 Å². The van der Waals surface area contributed by atoms with Crippen molar-refractivity contribution in [3.8, 4) is 0 Å². The van der Waals surface area contributed by atoms with Crippen molar-refractivity contribution in [2.24, 2.45) is 0 Å². The number of nitrogens with one attached hydrogen (secondary N) is 2. The quantitative estimate of drug-likeness (QED) is 0.753. The van der Waals surface area contributed by atoms with Crippen LogP contribution in [0.25, 0.3) is 0 Å². The Morgan fingerprint density at radius 2 is 2.00 bits per heavy atom. The third-order valence-corrected chi connectivity index (χ3v) is 4.30. The Balaban J connectivity index is 1.83. The molecular weight excluding hydrogens is 307 g/mol. The van der Waals surface area contributed by atoms with Gasteiger partial charge in [-0.25, -0.2) is 13.4 Å². The van der Waals surface area contributed by atoms with Crippen molar-refractivity contribution in [1.29, 1.82) is 0 Å². The van der Waals surface area contributed by atoms with Crippen LogP contribution in [0.5, 0.6) is 0 Å². The molecule has 0 unspecified atom stereocenters. The van der Waals surface area contributed by atoms with Crippen LogP contribution in [0.15, 0.2) is 18.3 Å². The van der Waals surface area contributed by atoms with E-state index in [0.29, 0.717) is 19.0 Å². The second-order valence-electron chi connectivity index (χ2n) is 4.93. The number of sulfonamides is 1. The van der Waals surface area contributed by atoms with Crippen molar-refractivity contribution in [3.63, 3.8) is 0 Å². The number of hydrogen-bond acceptors (Lipinski definition) is 4. The zero-order valence-electron chi connectivity index (χ0n) is 11.2. The van der Waals surface area contributed by atoms with E-state index < -0.39 is 21.9 Å². The van der Waals surface area contributed by atoms with E-state index >= 15 is 0 Å². The average Bonchev–Trinajstić information content (AvgIpc) is 3.18. The second-order valence-corrected chi connectivity index (χ2v) is 6.77. The van der Waals surface area contributed by atoms with Crippen LogP contribution < -0.4 is 10.0 Å². The molecule has 1 aromatic heterocycles. The summed E-state index contributed by atoms with van der Waals surface area (Å²) in [7, 11) is -3.57. The van der Waals surface area contributed by atoms with Crippen molar-refractivity contribution in [1.82, 2.24) is 10.3 Å². The van der Waals surface area contributed by atoms with Gasteiger partial charge < -0.3 is 5.32 Å². The molecule has 2 N–H and O–H groups in total. The zero-order chi connectivity index (χ0) is 15.5. The van der Waals surface area contributed by atoms with Crippen LogP contribution in [0.1, 0.15) is 25.0 Å². The van der Waals surface area contributed by atoms with Crippen molar-refractivity contribution >= 4 is 15.7 Å². The topological polar surface area (TPSA) is 71.1 Å². The fraction of sp³-hybridized carbons (Fsp3) is 0.583. The third kappa shape index (κ3) is 5.50. The van der Waals surface area contributed by atoms with Crippen molar-refractivity contribution in [2.75, 3.05) is 17.0 Å². The van der Waals surface area contributed by atoms with Gasteiger partial charge in [-0.15, -0.1) is 0 Å². The summed E-state index contributed by atoms with van der Waals surface area (Å²) in [6.45, 7) is 0.608. The Hall–Kier alpha value is -1.35. The van der Waals surface area contributed by atoms with Crippen LogP contribution in [0, 0.1) is 0 Å². The highest BCUT2D eigenvalue weighted by atomic mass is 32.2. The molecule has 1 aliphatic rings. The van der Waals surface area contributed by atoms with Gasteiger partial charge in [0.15, 0.2) is 0 Å². The molecular formula is C12H16F3N3O2S. The van der Waals surface area contributed by atoms with Crippen LogP contribution in [0.4, 0.5) is 18.9 Å². The van der Waals surface area contributed by atoms with E-state index in [1.165, 1.54) is 0 Å². The largest absolute Gasteiger partial charge is 0.433 e. The van der Waals surface area contributed by atoms with Crippen LogP contribution >= 0.6 is 0 Å². The molecule has 1 heterocycles. The van der Waals surface area contributed by atoms with E-state index in [9.17, 15) is 21.6 Å². The molecule has 0 spiro atoms. The molecule has 21 heavy (non-hydrogen) atoms. The van der Waals surface area contributed by atoms with Gasteiger partial charge in [0.25, 0.3) is 0 Å². The molecule has 118 valence electrons. The molecule has 1 aliphatic carbocycles. The van der Waals surface area contributed by atoms with E-state index in [1.54, 1.807) is 0 Å². The Labute approximate surface area is 121 Å². The Morgan fingerprint density at radius 3 is 2.52 bits per heavy atom. The summed E-state index contributed by atoms with van der Waals surface area (Å²) in [5.74, 6) is -0.0895. The molecule has 1 saturated carbocycles. The monoisotopic (exact) mass is 323 g/mol. The Bertz CT molecular complexity index is 568. The lowest BCUT2D eigenvalue weighted by molar-refractivity contribution is -0.141. The lowest BCUT2D eigenvalue weighted by Crippen LogP contribution is -2.23. The molecule has 1 aromatic rings. The van der Waals surface area contributed by atoms with Gasteiger partial charge in [0.2, 0.25) is 10.0 Å². The predicted octanol–water partition coefficient (Wildman–Crippen LogP) is 1.98. The highest BCUT2D eigenvalue weighted by Crippen LogP contribution is 2.27. The minimum atomic E-state index is -4.54. The number of nitrogens with zero attached hydrogens (tertiary/aromatic N) is 1. The van der Waals surface area contributed by atoms with Gasteiger partial charge in [-0.1, -0.05) is 0 Å². The van der Waals surface area contributed by atoms with Crippen molar-refractivity contribution in [2.45, 2.75) is 31.5 Å². The number of alkyl halides is 3.